The van der Waals surface area contributed by atoms with Crippen LogP contribution in [0.1, 0.15) is 34.5 Å². The Hall–Kier alpha value is -3.73. The van der Waals surface area contributed by atoms with Crippen molar-refractivity contribution in [2.24, 2.45) is 0 Å². The van der Waals surface area contributed by atoms with Gasteiger partial charge in [-0.25, -0.2) is 19.0 Å². The normalized spacial score (nSPS) is 12.1. The van der Waals surface area contributed by atoms with Gasteiger partial charge in [0.15, 0.2) is 0 Å². The smallest absolute Gasteiger partial charge is 0.330 e. The lowest BCUT2D eigenvalue weighted by Crippen LogP contribution is -2.47. The van der Waals surface area contributed by atoms with Crippen LogP contribution >= 0.6 is 11.6 Å². The van der Waals surface area contributed by atoms with Gasteiger partial charge >= 0.3 is 12.2 Å². The van der Waals surface area contributed by atoms with E-state index in [2.05, 4.69) is 21.2 Å². The average Bonchev–Trinajstić information content (AvgIpc) is 2.76. The Morgan fingerprint density at radius 3 is 2.38 bits per heavy atom. The Kier molecular flexibility index (Phi) is 7.35. The highest BCUT2D eigenvalue weighted by Gasteiger charge is 2.37. The summed E-state index contributed by atoms with van der Waals surface area (Å²) in [5.74, 6) is -3.10. The number of alkyl halides is 3. The molecule has 1 unspecified atom stereocenters. The molecule has 0 saturated carbocycles. The van der Waals surface area contributed by atoms with Gasteiger partial charge in [0, 0.05) is 18.0 Å². The number of rotatable bonds is 4. The summed E-state index contributed by atoms with van der Waals surface area (Å²) in [5.41, 5.74) is 2.02. The highest BCUT2D eigenvalue weighted by molar-refractivity contribution is 6.30. The number of urea groups is 1. The van der Waals surface area contributed by atoms with Crippen molar-refractivity contribution in [1.82, 2.24) is 21.2 Å². The second kappa shape index (κ2) is 10.0. The standard InChI is InChI=1S/C22H16ClF5N4O2/c1-11(30-21(34)32-31-20(33)13-7-14(23)10-29-9-13)15-6-5-12(8-18(15)25)16-3-2-4-17(24)19(16)22(26,27)28/h2-11H,1H3,(H,31,33)(H2,30,32,34). The zero-order valence-corrected chi connectivity index (χ0v) is 18.1. The quantitative estimate of drug-likeness (QED) is 0.332. The summed E-state index contributed by atoms with van der Waals surface area (Å²) >= 11 is 5.74. The van der Waals surface area contributed by atoms with Crippen molar-refractivity contribution in [3.8, 4) is 11.1 Å². The van der Waals surface area contributed by atoms with Crippen LogP contribution < -0.4 is 16.2 Å². The van der Waals surface area contributed by atoms with Crippen molar-refractivity contribution in [3.05, 3.63) is 88.2 Å². The Labute approximate surface area is 195 Å². The minimum Gasteiger partial charge on any atom is -0.330 e. The summed E-state index contributed by atoms with van der Waals surface area (Å²) in [6.45, 7) is 1.42. The molecular weight excluding hydrogens is 483 g/mol. The van der Waals surface area contributed by atoms with Crippen molar-refractivity contribution in [2.75, 3.05) is 0 Å². The van der Waals surface area contributed by atoms with Crippen molar-refractivity contribution in [3.63, 3.8) is 0 Å². The molecule has 1 atom stereocenters. The summed E-state index contributed by atoms with van der Waals surface area (Å²) in [7, 11) is 0. The lowest BCUT2D eigenvalue weighted by molar-refractivity contribution is -0.139. The van der Waals surface area contributed by atoms with Crippen molar-refractivity contribution < 1.29 is 31.5 Å². The maximum absolute atomic E-state index is 14.7. The van der Waals surface area contributed by atoms with Gasteiger partial charge in [0.25, 0.3) is 5.91 Å². The van der Waals surface area contributed by atoms with E-state index in [1.807, 2.05) is 0 Å². The lowest BCUT2D eigenvalue weighted by Gasteiger charge is -2.18. The van der Waals surface area contributed by atoms with E-state index in [1.165, 1.54) is 37.5 Å². The number of hydrogen-bond donors (Lipinski definition) is 3. The topological polar surface area (TPSA) is 83.1 Å². The maximum atomic E-state index is 14.7. The molecule has 2 aromatic carbocycles. The Bertz CT molecular complexity index is 1240. The van der Waals surface area contributed by atoms with Crippen LogP contribution in [0.5, 0.6) is 0 Å². The van der Waals surface area contributed by atoms with E-state index >= 15 is 0 Å². The predicted octanol–water partition coefficient (Wildman–Crippen LogP) is 5.40. The van der Waals surface area contributed by atoms with Crippen molar-refractivity contribution in [2.45, 2.75) is 19.1 Å². The molecule has 0 saturated heterocycles. The summed E-state index contributed by atoms with van der Waals surface area (Å²) in [6.07, 6.45) is -2.43. The zero-order valence-electron chi connectivity index (χ0n) is 17.3. The molecule has 12 heteroatoms. The van der Waals surface area contributed by atoms with Crippen LogP contribution in [0, 0.1) is 11.6 Å². The maximum Gasteiger partial charge on any atom is 0.419 e. The highest BCUT2D eigenvalue weighted by Crippen LogP contribution is 2.39. The monoisotopic (exact) mass is 498 g/mol. The molecule has 0 radical (unpaired) electrons. The highest BCUT2D eigenvalue weighted by atomic mass is 35.5. The number of aromatic nitrogens is 1. The molecule has 1 heterocycles. The van der Waals surface area contributed by atoms with Crippen LogP contribution in [-0.4, -0.2) is 16.9 Å². The van der Waals surface area contributed by atoms with E-state index in [4.69, 9.17) is 11.6 Å². The first-order valence-corrected chi connectivity index (χ1v) is 9.98. The molecular formula is C22H16ClF5N4O2. The summed E-state index contributed by atoms with van der Waals surface area (Å²) in [4.78, 5) is 27.8. The lowest BCUT2D eigenvalue weighted by atomic mass is 9.96. The molecule has 3 amide bonds. The predicted molar refractivity (Wildman–Crippen MR) is 114 cm³/mol. The Balaban J connectivity index is 1.70. The number of benzene rings is 2. The Morgan fingerprint density at radius 2 is 1.74 bits per heavy atom. The number of hydrazine groups is 1. The number of nitrogens with zero attached hydrogens (tertiary/aromatic N) is 1. The third-order valence-electron chi connectivity index (χ3n) is 4.68. The first-order chi connectivity index (χ1) is 16.0. The number of amides is 3. The second-order valence-electron chi connectivity index (χ2n) is 7.06. The molecule has 34 heavy (non-hydrogen) atoms. The van der Waals surface area contributed by atoms with Crippen LogP contribution in [0.3, 0.4) is 0 Å². The molecule has 0 bridgehead atoms. The third-order valence-corrected chi connectivity index (χ3v) is 4.89. The molecule has 0 aliphatic rings. The van der Waals surface area contributed by atoms with Crippen LogP contribution in [-0.2, 0) is 6.18 Å². The van der Waals surface area contributed by atoms with Gasteiger partial charge in [0.1, 0.15) is 11.6 Å². The molecule has 3 aromatic rings. The van der Waals surface area contributed by atoms with Gasteiger partial charge in [-0.1, -0.05) is 35.9 Å². The minimum absolute atomic E-state index is 0.0470. The summed E-state index contributed by atoms with van der Waals surface area (Å²) in [6, 6.07) is 5.49. The first-order valence-electron chi connectivity index (χ1n) is 9.60. The number of hydrogen-bond acceptors (Lipinski definition) is 3. The molecule has 0 aliphatic carbocycles. The molecule has 3 rings (SSSR count). The van der Waals surface area contributed by atoms with Gasteiger partial charge in [-0.15, -0.1) is 0 Å². The molecule has 178 valence electrons. The van der Waals surface area contributed by atoms with Gasteiger partial charge in [0.05, 0.1) is 22.2 Å². The van der Waals surface area contributed by atoms with Crippen LogP contribution in [0.4, 0.5) is 26.7 Å². The average molecular weight is 499 g/mol. The van der Waals surface area contributed by atoms with Gasteiger partial charge in [-0.3, -0.25) is 15.2 Å². The fourth-order valence-electron chi connectivity index (χ4n) is 3.13. The van der Waals surface area contributed by atoms with Gasteiger partial charge < -0.3 is 5.32 Å². The van der Waals surface area contributed by atoms with Crippen LogP contribution in [0.15, 0.2) is 54.9 Å². The fourth-order valence-corrected chi connectivity index (χ4v) is 3.30. The first kappa shape index (κ1) is 24.9. The number of pyridine rings is 1. The second-order valence-corrected chi connectivity index (χ2v) is 7.50. The SMILES string of the molecule is CC(NC(=O)NNC(=O)c1cncc(Cl)c1)c1ccc(-c2cccc(F)c2C(F)(F)F)cc1F. The third kappa shape index (κ3) is 5.79. The van der Waals surface area contributed by atoms with E-state index in [1.54, 1.807) is 0 Å². The number of carbonyl (C=O) groups excluding carboxylic acids is 2. The zero-order chi connectivity index (χ0) is 25.0. The number of carbonyl (C=O) groups is 2. The van der Waals surface area contributed by atoms with Gasteiger partial charge in [-0.05, 0) is 36.2 Å². The summed E-state index contributed by atoms with van der Waals surface area (Å²) < 4.78 is 68.4. The van der Waals surface area contributed by atoms with Crippen LogP contribution in [0.2, 0.25) is 5.02 Å². The number of nitrogens with one attached hydrogen (secondary N) is 3. The molecule has 0 spiro atoms. The fraction of sp³-hybridized carbons (Fsp3) is 0.136. The molecule has 0 aliphatic heterocycles. The minimum atomic E-state index is -4.98. The van der Waals surface area contributed by atoms with Gasteiger partial charge in [-0.2, -0.15) is 13.2 Å². The molecule has 6 nitrogen and oxygen atoms in total. The summed E-state index contributed by atoms with van der Waals surface area (Å²) in [5, 5.41) is 2.59. The molecule has 0 fully saturated rings. The van der Waals surface area contributed by atoms with E-state index in [0.29, 0.717) is 6.07 Å². The van der Waals surface area contributed by atoms with E-state index < -0.39 is 46.9 Å². The molecule has 3 N–H and O–H groups in total. The largest absolute Gasteiger partial charge is 0.419 e. The van der Waals surface area contributed by atoms with E-state index in [-0.39, 0.29) is 21.7 Å². The van der Waals surface area contributed by atoms with E-state index in [0.717, 1.165) is 18.2 Å². The van der Waals surface area contributed by atoms with E-state index in [9.17, 15) is 31.5 Å². The number of halogens is 6. The van der Waals surface area contributed by atoms with Crippen molar-refractivity contribution >= 4 is 23.5 Å². The molecule has 1 aromatic heterocycles. The van der Waals surface area contributed by atoms with Gasteiger partial charge in [0.2, 0.25) is 0 Å². The van der Waals surface area contributed by atoms with Crippen molar-refractivity contribution in [1.29, 1.82) is 0 Å². The van der Waals surface area contributed by atoms with Crippen LogP contribution in [0.25, 0.3) is 11.1 Å². The Morgan fingerprint density at radius 1 is 1.00 bits per heavy atom.